The van der Waals surface area contributed by atoms with Crippen LogP contribution in [0.2, 0.25) is 0 Å². The summed E-state index contributed by atoms with van der Waals surface area (Å²) in [5.41, 5.74) is 0.198. The number of nitrogens with zero attached hydrogens (tertiary/aromatic N) is 1. The number of rotatable bonds is 2. The van der Waals surface area contributed by atoms with E-state index in [-0.39, 0.29) is 17.5 Å². The van der Waals surface area contributed by atoms with Crippen LogP contribution in [0.1, 0.15) is 24.2 Å². The van der Waals surface area contributed by atoms with Crippen LogP contribution in [-0.4, -0.2) is 36.5 Å². The molecule has 2 rings (SSSR count). The summed E-state index contributed by atoms with van der Waals surface area (Å²) in [4.78, 5) is 13.9. The molecule has 3 nitrogen and oxygen atoms in total. The normalized spacial score (nSPS) is 19.8. The Balaban J connectivity index is 2.12. The highest BCUT2D eigenvalue weighted by molar-refractivity contribution is 5.94. The summed E-state index contributed by atoms with van der Waals surface area (Å²) in [6, 6.07) is 3.52. The molecule has 0 bridgehead atoms. The molecule has 1 aliphatic rings. The fourth-order valence-electron chi connectivity index (χ4n) is 2.22. The first-order valence-electron chi connectivity index (χ1n) is 6.46. The fraction of sp³-hybridized carbons (Fsp3) is 0.500. The number of carbonyl (C=O) groups is 1. The highest BCUT2D eigenvalue weighted by Gasteiger charge is 2.26. The van der Waals surface area contributed by atoms with E-state index in [0.717, 1.165) is 18.7 Å². The molecule has 1 saturated heterocycles. The van der Waals surface area contributed by atoms with Gasteiger partial charge in [-0.3, -0.25) is 4.79 Å². The molecule has 1 amide bonds. The van der Waals surface area contributed by atoms with Crippen LogP contribution in [0.15, 0.2) is 18.2 Å². The van der Waals surface area contributed by atoms with Gasteiger partial charge in [-0.1, -0.05) is 13.8 Å². The lowest BCUT2D eigenvalue weighted by Gasteiger charge is -2.35. The van der Waals surface area contributed by atoms with Gasteiger partial charge in [0.1, 0.15) is 0 Å². The average molecular weight is 268 g/mol. The number of hydrogen-bond donors (Lipinski definition) is 1. The van der Waals surface area contributed by atoms with Gasteiger partial charge in [-0.25, -0.2) is 8.78 Å². The van der Waals surface area contributed by atoms with Crippen LogP contribution in [0.5, 0.6) is 0 Å². The summed E-state index contributed by atoms with van der Waals surface area (Å²) in [7, 11) is 0. The molecule has 1 aromatic rings. The molecular formula is C14H18F2N2O. The summed E-state index contributed by atoms with van der Waals surface area (Å²) in [5.74, 6) is -1.75. The van der Waals surface area contributed by atoms with Gasteiger partial charge in [-0.05, 0) is 24.1 Å². The van der Waals surface area contributed by atoms with Crippen molar-refractivity contribution in [1.82, 2.24) is 10.2 Å². The summed E-state index contributed by atoms with van der Waals surface area (Å²) in [6.07, 6.45) is 0. The first-order chi connectivity index (χ1) is 8.99. The van der Waals surface area contributed by atoms with E-state index in [2.05, 4.69) is 19.2 Å². The van der Waals surface area contributed by atoms with E-state index >= 15 is 0 Å². The van der Waals surface area contributed by atoms with Gasteiger partial charge in [0.15, 0.2) is 11.6 Å². The number of piperazine rings is 1. The van der Waals surface area contributed by atoms with Gasteiger partial charge in [-0.2, -0.15) is 0 Å². The van der Waals surface area contributed by atoms with E-state index in [9.17, 15) is 13.6 Å². The van der Waals surface area contributed by atoms with E-state index in [1.807, 2.05) is 0 Å². The van der Waals surface area contributed by atoms with Gasteiger partial charge in [0.2, 0.25) is 0 Å². The average Bonchev–Trinajstić information content (AvgIpc) is 2.41. The summed E-state index contributed by atoms with van der Waals surface area (Å²) in [6.45, 7) is 6.07. The molecule has 0 spiro atoms. The predicted octanol–water partition coefficient (Wildman–Crippen LogP) is 2.03. The second-order valence-electron chi connectivity index (χ2n) is 5.18. The maximum absolute atomic E-state index is 13.2. The molecule has 1 unspecified atom stereocenters. The van der Waals surface area contributed by atoms with Crippen molar-refractivity contribution in [3.05, 3.63) is 35.4 Å². The topological polar surface area (TPSA) is 32.3 Å². The molecule has 5 heteroatoms. The molecule has 0 radical (unpaired) electrons. The van der Waals surface area contributed by atoms with Gasteiger partial charge < -0.3 is 10.2 Å². The van der Waals surface area contributed by atoms with Gasteiger partial charge >= 0.3 is 0 Å². The van der Waals surface area contributed by atoms with Crippen molar-refractivity contribution in [2.24, 2.45) is 5.92 Å². The third-order valence-electron chi connectivity index (χ3n) is 3.46. The molecule has 1 heterocycles. The lowest BCUT2D eigenvalue weighted by Crippen LogP contribution is -2.54. The number of carbonyl (C=O) groups excluding carboxylic acids is 1. The Morgan fingerprint density at radius 1 is 1.37 bits per heavy atom. The molecule has 1 aromatic carbocycles. The molecule has 19 heavy (non-hydrogen) atoms. The summed E-state index contributed by atoms with van der Waals surface area (Å²) < 4.78 is 26.0. The molecule has 1 aliphatic heterocycles. The van der Waals surface area contributed by atoms with Crippen molar-refractivity contribution in [2.75, 3.05) is 19.6 Å². The van der Waals surface area contributed by atoms with Crippen molar-refractivity contribution in [3.63, 3.8) is 0 Å². The van der Waals surface area contributed by atoms with Crippen LogP contribution in [0.4, 0.5) is 8.78 Å². The van der Waals surface area contributed by atoms with E-state index in [1.165, 1.54) is 6.07 Å². The molecule has 0 aliphatic carbocycles. The molecule has 0 saturated carbocycles. The smallest absolute Gasteiger partial charge is 0.254 e. The van der Waals surface area contributed by atoms with Crippen LogP contribution in [0.25, 0.3) is 0 Å². The number of hydrogen-bond acceptors (Lipinski definition) is 2. The minimum atomic E-state index is -0.985. The van der Waals surface area contributed by atoms with Crippen LogP contribution in [0.3, 0.4) is 0 Å². The second-order valence-corrected chi connectivity index (χ2v) is 5.18. The zero-order chi connectivity index (χ0) is 14.0. The Bertz CT molecular complexity index is 477. The van der Waals surface area contributed by atoms with Gasteiger partial charge in [-0.15, -0.1) is 0 Å². The Hall–Kier alpha value is -1.49. The third kappa shape index (κ3) is 3.10. The molecule has 104 valence electrons. The first kappa shape index (κ1) is 13.9. The van der Waals surface area contributed by atoms with Crippen LogP contribution in [0, 0.1) is 17.6 Å². The Labute approximate surface area is 111 Å². The third-order valence-corrected chi connectivity index (χ3v) is 3.46. The highest BCUT2D eigenvalue weighted by atomic mass is 19.2. The van der Waals surface area contributed by atoms with E-state index in [0.29, 0.717) is 19.0 Å². The van der Waals surface area contributed by atoms with Gasteiger partial charge in [0.05, 0.1) is 0 Å². The molecule has 1 atom stereocenters. The van der Waals surface area contributed by atoms with Crippen LogP contribution in [-0.2, 0) is 0 Å². The fourth-order valence-corrected chi connectivity index (χ4v) is 2.22. The lowest BCUT2D eigenvalue weighted by molar-refractivity contribution is 0.0683. The second kappa shape index (κ2) is 5.65. The van der Waals surface area contributed by atoms with Crippen LogP contribution >= 0.6 is 0 Å². The molecule has 1 N–H and O–H groups in total. The minimum absolute atomic E-state index is 0.198. The number of nitrogens with one attached hydrogen (secondary N) is 1. The van der Waals surface area contributed by atoms with E-state index < -0.39 is 11.6 Å². The Morgan fingerprint density at radius 3 is 2.74 bits per heavy atom. The van der Waals surface area contributed by atoms with E-state index in [1.54, 1.807) is 4.90 Å². The quantitative estimate of drug-likeness (QED) is 0.890. The highest BCUT2D eigenvalue weighted by Crippen LogP contribution is 2.14. The standard InChI is InChI=1S/C14H18F2N2O/c1-9(2)13-8-18(6-5-17-13)14(19)10-3-4-11(15)12(16)7-10/h3-4,7,9,13,17H,5-6,8H2,1-2H3. The Kier molecular flexibility index (Phi) is 4.14. The van der Waals surface area contributed by atoms with Crippen molar-refractivity contribution >= 4 is 5.91 Å². The summed E-state index contributed by atoms with van der Waals surface area (Å²) >= 11 is 0. The number of benzene rings is 1. The minimum Gasteiger partial charge on any atom is -0.336 e. The number of halogens is 2. The lowest BCUT2D eigenvalue weighted by atomic mass is 10.0. The molecular weight excluding hydrogens is 250 g/mol. The number of amides is 1. The predicted molar refractivity (Wildman–Crippen MR) is 68.9 cm³/mol. The maximum atomic E-state index is 13.2. The van der Waals surface area contributed by atoms with Crippen LogP contribution < -0.4 is 5.32 Å². The van der Waals surface area contributed by atoms with Crippen molar-refractivity contribution in [2.45, 2.75) is 19.9 Å². The molecule has 0 aromatic heterocycles. The first-order valence-corrected chi connectivity index (χ1v) is 6.46. The maximum Gasteiger partial charge on any atom is 0.254 e. The Morgan fingerprint density at radius 2 is 2.11 bits per heavy atom. The summed E-state index contributed by atoms with van der Waals surface area (Å²) in [5, 5.41) is 3.35. The van der Waals surface area contributed by atoms with Crippen molar-refractivity contribution in [1.29, 1.82) is 0 Å². The zero-order valence-electron chi connectivity index (χ0n) is 11.1. The largest absolute Gasteiger partial charge is 0.336 e. The SMILES string of the molecule is CC(C)C1CN(C(=O)c2ccc(F)c(F)c2)CCN1. The van der Waals surface area contributed by atoms with E-state index in [4.69, 9.17) is 0 Å². The van der Waals surface area contributed by atoms with Gasteiger partial charge in [0, 0.05) is 31.2 Å². The van der Waals surface area contributed by atoms with Crippen molar-refractivity contribution < 1.29 is 13.6 Å². The molecule has 1 fully saturated rings. The van der Waals surface area contributed by atoms with Crippen molar-refractivity contribution in [3.8, 4) is 0 Å². The van der Waals surface area contributed by atoms with Gasteiger partial charge in [0.25, 0.3) is 5.91 Å². The monoisotopic (exact) mass is 268 g/mol. The zero-order valence-corrected chi connectivity index (χ0v) is 11.1.